The third-order valence-electron chi connectivity index (χ3n) is 3.88. The van der Waals surface area contributed by atoms with Crippen molar-refractivity contribution in [3.63, 3.8) is 0 Å². The molecule has 0 bridgehead atoms. The van der Waals surface area contributed by atoms with E-state index in [0.29, 0.717) is 12.1 Å². The number of nitrogens with zero attached hydrogens (tertiary/aromatic N) is 1. The van der Waals surface area contributed by atoms with Crippen LogP contribution in [-0.2, 0) is 6.54 Å². The summed E-state index contributed by atoms with van der Waals surface area (Å²) in [5.74, 6) is -0.998. The molecule has 0 saturated carbocycles. The number of hydrogen-bond acceptors (Lipinski definition) is 2. The van der Waals surface area contributed by atoms with Gasteiger partial charge >= 0.3 is 0 Å². The van der Waals surface area contributed by atoms with Crippen molar-refractivity contribution in [3.05, 3.63) is 35.4 Å². The second-order valence-corrected chi connectivity index (χ2v) is 5.68. The SMILES string of the molecule is CCC1(C)CN(Cc2cc(F)cc(F)c2)CCCN1. The normalized spacial score (nSPS) is 25.3. The lowest BCUT2D eigenvalue weighted by molar-refractivity contribution is 0.208. The summed E-state index contributed by atoms with van der Waals surface area (Å²) in [6.45, 7) is 7.84. The lowest BCUT2D eigenvalue weighted by atomic mass is 9.98. The molecule has 2 nitrogen and oxygen atoms in total. The van der Waals surface area contributed by atoms with Crippen molar-refractivity contribution in [1.82, 2.24) is 10.2 Å². The molecule has 0 radical (unpaired) electrons. The van der Waals surface area contributed by atoms with Crippen LogP contribution in [0.4, 0.5) is 8.78 Å². The Morgan fingerprint density at radius 2 is 1.95 bits per heavy atom. The molecule has 1 heterocycles. The Labute approximate surface area is 113 Å². The lowest BCUT2D eigenvalue weighted by Crippen LogP contribution is -2.48. The summed E-state index contributed by atoms with van der Waals surface area (Å²) in [7, 11) is 0. The zero-order chi connectivity index (χ0) is 13.9. The molecule has 4 heteroatoms. The quantitative estimate of drug-likeness (QED) is 0.906. The minimum atomic E-state index is -0.499. The maximum Gasteiger partial charge on any atom is 0.126 e. The summed E-state index contributed by atoms with van der Waals surface area (Å²) in [5, 5.41) is 3.56. The van der Waals surface area contributed by atoms with Crippen LogP contribution in [0.5, 0.6) is 0 Å². The molecular formula is C15H22F2N2. The van der Waals surface area contributed by atoms with Gasteiger partial charge in [-0.25, -0.2) is 8.78 Å². The molecule has 1 atom stereocenters. The van der Waals surface area contributed by atoms with Crippen LogP contribution in [0.1, 0.15) is 32.3 Å². The molecule has 1 aromatic carbocycles. The van der Waals surface area contributed by atoms with Crippen molar-refractivity contribution in [2.75, 3.05) is 19.6 Å². The summed E-state index contributed by atoms with van der Waals surface area (Å²) in [6, 6.07) is 3.76. The van der Waals surface area contributed by atoms with Gasteiger partial charge in [-0.15, -0.1) is 0 Å². The average Bonchev–Trinajstić information content (AvgIpc) is 2.50. The molecule has 1 saturated heterocycles. The van der Waals surface area contributed by atoms with Gasteiger partial charge in [0, 0.05) is 24.7 Å². The van der Waals surface area contributed by atoms with Crippen LogP contribution in [0.3, 0.4) is 0 Å². The molecule has 19 heavy (non-hydrogen) atoms. The summed E-state index contributed by atoms with van der Waals surface area (Å²) < 4.78 is 26.4. The highest BCUT2D eigenvalue weighted by atomic mass is 19.1. The number of nitrogens with one attached hydrogen (secondary N) is 1. The number of halogens is 2. The highest BCUT2D eigenvalue weighted by Gasteiger charge is 2.27. The van der Waals surface area contributed by atoms with E-state index in [2.05, 4.69) is 24.1 Å². The van der Waals surface area contributed by atoms with Gasteiger partial charge < -0.3 is 5.32 Å². The molecule has 1 aliphatic rings. The zero-order valence-electron chi connectivity index (χ0n) is 11.7. The van der Waals surface area contributed by atoms with Crippen LogP contribution in [0.15, 0.2) is 18.2 Å². The Morgan fingerprint density at radius 3 is 2.58 bits per heavy atom. The second-order valence-electron chi connectivity index (χ2n) is 5.68. The number of benzene rings is 1. The fraction of sp³-hybridized carbons (Fsp3) is 0.600. The highest BCUT2D eigenvalue weighted by molar-refractivity contribution is 5.18. The van der Waals surface area contributed by atoms with Crippen LogP contribution >= 0.6 is 0 Å². The minimum Gasteiger partial charge on any atom is -0.310 e. The Morgan fingerprint density at radius 1 is 1.26 bits per heavy atom. The number of rotatable bonds is 3. The van der Waals surface area contributed by atoms with Gasteiger partial charge in [-0.05, 0) is 50.6 Å². The monoisotopic (exact) mass is 268 g/mol. The molecule has 0 amide bonds. The fourth-order valence-corrected chi connectivity index (χ4v) is 2.65. The van der Waals surface area contributed by atoms with E-state index in [-0.39, 0.29) is 5.54 Å². The summed E-state index contributed by atoms with van der Waals surface area (Å²) >= 11 is 0. The van der Waals surface area contributed by atoms with Gasteiger partial charge in [0.15, 0.2) is 0 Å². The van der Waals surface area contributed by atoms with Gasteiger partial charge in [-0.3, -0.25) is 4.90 Å². The van der Waals surface area contributed by atoms with Crippen molar-refractivity contribution < 1.29 is 8.78 Å². The van der Waals surface area contributed by atoms with Gasteiger partial charge in [-0.2, -0.15) is 0 Å². The molecule has 1 aliphatic heterocycles. The highest BCUT2D eigenvalue weighted by Crippen LogP contribution is 2.18. The van der Waals surface area contributed by atoms with Crippen molar-refractivity contribution in [1.29, 1.82) is 0 Å². The maximum absolute atomic E-state index is 13.2. The number of hydrogen-bond donors (Lipinski definition) is 1. The topological polar surface area (TPSA) is 15.3 Å². The van der Waals surface area contributed by atoms with Crippen LogP contribution in [0.25, 0.3) is 0 Å². The van der Waals surface area contributed by atoms with Crippen molar-refractivity contribution in [2.45, 2.75) is 38.8 Å². The van der Waals surface area contributed by atoms with E-state index in [9.17, 15) is 8.78 Å². The summed E-state index contributed by atoms with van der Waals surface area (Å²) in [6.07, 6.45) is 2.11. The molecule has 1 N–H and O–H groups in total. The third kappa shape index (κ3) is 3.98. The minimum absolute atomic E-state index is 0.0857. The first kappa shape index (κ1) is 14.4. The third-order valence-corrected chi connectivity index (χ3v) is 3.88. The molecule has 106 valence electrons. The smallest absolute Gasteiger partial charge is 0.126 e. The van der Waals surface area contributed by atoms with Gasteiger partial charge in [0.25, 0.3) is 0 Å². The molecule has 0 spiro atoms. The van der Waals surface area contributed by atoms with E-state index in [1.807, 2.05) is 0 Å². The first-order valence-electron chi connectivity index (χ1n) is 6.93. The maximum atomic E-state index is 13.2. The fourth-order valence-electron chi connectivity index (χ4n) is 2.65. The summed E-state index contributed by atoms with van der Waals surface area (Å²) in [5.41, 5.74) is 0.792. The average molecular weight is 268 g/mol. The van der Waals surface area contributed by atoms with E-state index >= 15 is 0 Å². The standard InChI is InChI=1S/C15H22F2N2/c1-3-15(2)11-19(6-4-5-18-15)10-12-7-13(16)9-14(17)8-12/h7-9,18H,3-6,10-11H2,1-2H3. The Bertz CT molecular complexity index is 416. The van der Waals surface area contributed by atoms with E-state index in [1.165, 1.54) is 12.1 Å². The lowest BCUT2D eigenvalue weighted by Gasteiger charge is -2.32. The van der Waals surface area contributed by atoms with Gasteiger partial charge in [0.05, 0.1) is 0 Å². The first-order chi connectivity index (χ1) is 9.00. The summed E-state index contributed by atoms with van der Waals surface area (Å²) in [4.78, 5) is 2.28. The predicted molar refractivity (Wildman–Crippen MR) is 73.0 cm³/mol. The van der Waals surface area contributed by atoms with Crippen LogP contribution in [0, 0.1) is 11.6 Å². The van der Waals surface area contributed by atoms with Crippen LogP contribution < -0.4 is 5.32 Å². The van der Waals surface area contributed by atoms with E-state index in [4.69, 9.17) is 0 Å². The van der Waals surface area contributed by atoms with Gasteiger partial charge in [0.1, 0.15) is 11.6 Å². The molecule has 1 aromatic rings. The van der Waals surface area contributed by atoms with Gasteiger partial charge in [-0.1, -0.05) is 6.92 Å². The molecule has 2 rings (SSSR count). The predicted octanol–water partition coefficient (Wildman–Crippen LogP) is 2.93. The second kappa shape index (κ2) is 5.97. The van der Waals surface area contributed by atoms with Crippen molar-refractivity contribution in [2.24, 2.45) is 0 Å². The Kier molecular flexibility index (Phi) is 4.53. The molecule has 1 fully saturated rings. The van der Waals surface area contributed by atoms with Crippen LogP contribution in [0.2, 0.25) is 0 Å². The van der Waals surface area contributed by atoms with Gasteiger partial charge in [0.2, 0.25) is 0 Å². The molecule has 0 aromatic heterocycles. The molecule has 1 unspecified atom stereocenters. The molecule has 0 aliphatic carbocycles. The van der Waals surface area contributed by atoms with Crippen molar-refractivity contribution >= 4 is 0 Å². The van der Waals surface area contributed by atoms with Crippen LogP contribution in [-0.4, -0.2) is 30.1 Å². The van der Waals surface area contributed by atoms with E-state index in [0.717, 1.165) is 38.5 Å². The van der Waals surface area contributed by atoms with E-state index < -0.39 is 11.6 Å². The Hall–Kier alpha value is -1.00. The molecular weight excluding hydrogens is 246 g/mol. The van der Waals surface area contributed by atoms with Crippen molar-refractivity contribution in [3.8, 4) is 0 Å². The first-order valence-corrected chi connectivity index (χ1v) is 6.93. The largest absolute Gasteiger partial charge is 0.310 e. The van der Waals surface area contributed by atoms with E-state index in [1.54, 1.807) is 0 Å². The Balaban J connectivity index is 2.08. The zero-order valence-corrected chi connectivity index (χ0v) is 11.7.